The third kappa shape index (κ3) is 4.41. The molecule has 2 aliphatic carbocycles. The summed E-state index contributed by atoms with van der Waals surface area (Å²) < 4.78 is 0. The largest absolute Gasteiger partial charge is 0.0622 e. The highest BCUT2D eigenvalue weighted by atomic mass is 14.4. The molecular formula is C39H40. The lowest BCUT2D eigenvalue weighted by atomic mass is 9.77. The van der Waals surface area contributed by atoms with Gasteiger partial charge in [0.15, 0.2) is 0 Å². The molecule has 0 heterocycles. The molecule has 0 unspecified atom stereocenters. The van der Waals surface area contributed by atoms with E-state index in [0.29, 0.717) is 0 Å². The van der Waals surface area contributed by atoms with Gasteiger partial charge in [0.1, 0.15) is 0 Å². The Morgan fingerprint density at radius 3 is 1.74 bits per heavy atom. The lowest BCUT2D eigenvalue weighted by Crippen LogP contribution is -2.16. The normalized spacial score (nSPS) is 15.2. The van der Waals surface area contributed by atoms with Crippen LogP contribution in [0.25, 0.3) is 27.8 Å². The average molecular weight is 509 g/mol. The Morgan fingerprint density at radius 2 is 1.15 bits per heavy atom. The fraction of sp³-hybridized carbons (Fsp3) is 0.282. The molecule has 0 amide bonds. The van der Waals surface area contributed by atoms with E-state index in [9.17, 15) is 0 Å². The van der Waals surface area contributed by atoms with Gasteiger partial charge in [-0.2, -0.15) is 0 Å². The van der Waals surface area contributed by atoms with Crippen LogP contribution in [0.15, 0.2) is 96.6 Å². The van der Waals surface area contributed by atoms with Gasteiger partial charge in [-0.25, -0.2) is 0 Å². The molecule has 0 N–H and O–H groups in total. The second-order valence-corrected chi connectivity index (χ2v) is 13.5. The summed E-state index contributed by atoms with van der Waals surface area (Å²) in [6, 6.07) is 34.1. The highest BCUT2D eigenvalue weighted by Gasteiger charge is 2.34. The molecule has 0 aromatic heterocycles. The molecule has 2 aliphatic rings. The summed E-state index contributed by atoms with van der Waals surface area (Å²) in [6.07, 6.45) is 1.98. The minimum atomic E-state index is 0.0356. The fourth-order valence-electron chi connectivity index (χ4n) is 6.65. The quantitative estimate of drug-likeness (QED) is 0.227. The number of rotatable bonds is 3. The number of fused-ring (bicyclic) bond motifs is 3. The van der Waals surface area contributed by atoms with Gasteiger partial charge in [-0.15, -0.1) is 0 Å². The zero-order chi connectivity index (χ0) is 27.5. The maximum atomic E-state index is 2.47. The monoisotopic (exact) mass is 508 g/mol. The van der Waals surface area contributed by atoms with E-state index in [4.69, 9.17) is 0 Å². The zero-order valence-electron chi connectivity index (χ0n) is 24.6. The molecule has 0 heteroatoms. The van der Waals surface area contributed by atoms with Gasteiger partial charge in [0.25, 0.3) is 0 Å². The van der Waals surface area contributed by atoms with Crippen molar-refractivity contribution in [2.45, 2.75) is 72.1 Å². The standard InChI is InChI=1S/C39H40/c1-25-22-33(36(27-16-12-9-13-17-27)35(25)26-14-10-8-11-15-26)37-32-24-28-23-29(38(2,3)4)18-19-30(28)31(32)20-21-34(37)39(5,6)7/h8-21,23H,22,24H2,1-7H3. The minimum absolute atomic E-state index is 0.0356. The Bertz CT molecular complexity index is 1630. The van der Waals surface area contributed by atoms with E-state index >= 15 is 0 Å². The van der Waals surface area contributed by atoms with Gasteiger partial charge < -0.3 is 0 Å². The van der Waals surface area contributed by atoms with E-state index < -0.39 is 0 Å². The van der Waals surface area contributed by atoms with E-state index in [2.05, 4.69) is 139 Å². The Labute approximate surface area is 235 Å². The second kappa shape index (κ2) is 9.23. The Morgan fingerprint density at radius 1 is 0.564 bits per heavy atom. The van der Waals surface area contributed by atoms with Gasteiger partial charge in [0.2, 0.25) is 0 Å². The molecule has 0 bridgehead atoms. The first-order chi connectivity index (χ1) is 18.5. The van der Waals surface area contributed by atoms with Crippen molar-refractivity contribution < 1.29 is 0 Å². The van der Waals surface area contributed by atoms with Crippen molar-refractivity contribution in [3.05, 3.63) is 136 Å². The predicted molar refractivity (Wildman–Crippen MR) is 169 cm³/mol. The lowest BCUT2D eigenvalue weighted by Gasteiger charge is -2.27. The molecule has 4 aromatic rings. The lowest BCUT2D eigenvalue weighted by molar-refractivity contribution is 0.587. The van der Waals surface area contributed by atoms with E-state index in [1.807, 2.05) is 0 Å². The molecule has 0 aliphatic heterocycles. The summed E-state index contributed by atoms with van der Waals surface area (Å²) in [5, 5.41) is 0. The van der Waals surface area contributed by atoms with Gasteiger partial charge in [0, 0.05) is 0 Å². The maximum absolute atomic E-state index is 2.47. The first-order valence-corrected chi connectivity index (χ1v) is 14.4. The zero-order valence-corrected chi connectivity index (χ0v) is 24.6. The number of allylic oxidation sites excluding steroid dienone is 4. The third-order valence-electron chi connectivity index (χ3n) is 8.60. The molecule has 196 valence electrons. The van der Waals surface area contributed by atoms with E-state index in [-0.39, 0.29) is 10.8 Å². The molecule has 0 saturated heterocycles. The summed E-state index contributed by atoms with van der Waals surface area (Å²) in [4.78, 5) is 0. The van der Waals surface area contributed by atoms with Gasteiger partial charge >= 0.3 is 0 Å². The summed E-state index contributed by atoms with van der Waals surface area (Å²) in [6.45, 7) is 16.4. The van der Waals surface area contributed by atoms with Crippen molar-refractivity contribution >= 4 is 16.7 Å². The number of hydrogen-bond donors (Lipinski definition) is 0. The number of benzene rings is 4. The van der Waals surface area contributed by atoms with Crippen LogP contribution in [-0.4, -0.2) is 0 Å². The van der Waals surface area contributed by atoms with Gasteiger partial charge in [-0.3, -0.25) is 0 Å². The third-order valence-corrected chi connectivity index (χ3v) is 8.60. The Balaban J connectivity index is 1.64. The minimum Gasteiger partial charge on any atom is -0.0622 e. The summed E-state index contributed by atoms with van der Waals surface area (Å²) in [7, 11) is 0. The molecule has 39 heavy (non-hydrogen) atoms. The smallest absolute Gasteiger partial charge is 0.000719 e. The first-order valence-electron chi connectivity index (χ1n) is 14.4. The summed E-state index contributed by atoms with van der Waals surface area (Å²) >= 11 is 0. The Hall–Kier alpha value is -3.64. The van der Waals surface area contributed by atoms with Crippen molar-refractivity contribution in [3.63, 3.8) is 0 Å². The highest BCUT2D eigenvalue weighted by molar-refractivity contribution is 6.20. The molecule has 0 saturated carbocycles. The van der Waals surface area contributed by atoms with Crippen molar-refractivity contribution in [3.8, 4) is 11.1 Å². The molecule has 0 spiro atoms. The van der Waals surface area contributed by atoms with E-state index in [1.54, 1.807) is 0 Å². The van der Waals surface area contributed by atoms with E-state index in [0.717, 1.165) is 12.8 Å². The van der Waals surface area contributed by atoms with Crippen molar-refractivity contribution in [1.82, 2.24) is 0 Å². The van der Waals surface area contributed by atoms with Gasteiger partial charge in [-0.1, -0.05) is 138 Å². The van der Waals surface area contributed by atoms with Crippen LogP contribution in [0.1, 0.15) is 93.8 Å². The molecule has 0 nitrogen and oxygen atoms in total. The topological polar surface area (TPSA) is 0 Å². The van der Waals surface area contributed by atoms with Crippen LogP contribution in [0.5, 0.6) is 0 Å². The van der Waals surface area contributed by atoms with Gasteiger partial charge in [0.05, 0.1) is 0 Å². The van der Waals surface area contributed by atoms with Crippen LogP contribution in [0.3, 0.4) is 0 Å². The first kappa shape index (κ1) is 25.6. The molecular weight excluding hydrogens is 468 g/mol. The van der Waals surface area contributed by atoms with Crippen LogP contribution in [0.2, 0.25) is 0 Å². The highest BCUT2D eigenvalue weighted by Crippen LogP contribution is 2.53. The van der Waals surface area contributed by atoms with E-state index in [1.165, 1.54) is 72.4 Å². The fourth-order valence-corrected chi connectivity index (χ4v) is 6.65. The van der Waals surface area contributed by atoms with Crippen LogP contribution >= 0.6 is 0 Å². The van der Waals surface area contributed by atoms with Crippen LogP contribution < -0.4 is 0 Å². The summed E-state index contributed by atoms with van der Waals surface area (Å²) in [5.74, 6) is 0. The summed E-state index contributed by atoms with van der Waals surface area (Å²) in [5.41, 5.74) is 18.7. The van der Waals surface area contributed by atoms with Crippen LogP contribution in [0.4, 0.5) is 0 Å². The van der Waals surface area contributed by atoms with Crippen molar-refractivity contribution in [1.29, 1.82) is 0 Å². The molecule has 0 radical (unpaired) electrons. The predicted octanol–water partition coefficient (Wildman–Crippen LogP) is 10.6. The van der Waals surface area contributed by atoms with Crippen molar-refractivity contribution in [2.75, 3.05) is 0 Å². The molecule has 0 fully saturated rings. The average Bonchev–Trinajstić information content (AvgIpc) is 3.45. The second-order valence-electron chi connectivity index (χ2n) is 13.5. The molecule has 0 atom stereocenters. The maximum Gasteiger partial charge on any atom is -0.000719 e. The number of hydrogen-bond acceptors (Lipinski definition) is 0. The van der Waals surface area contributed by atoms with Crippen molar-refractivity contribution in [2.24, 2.45) is 0 Å². The molecule has 6 rings (SSSR count). The van der Waals surface area contributed by atoms with Crippen LogP contribution in [0, 0.1) is 0 Å². The SMILES string of the molecule is CC1=C(c2ccccc2)C(c2ccccc2)=C(c2c(C(C)(C)C)ccc3c2Cc2cc(C(C)(C)C)ccc2-3)C1. The molecule has 4 aromatic carbocycles. The van der Waals surface area contributed by atoms with Crippen LogP contribution in [-0.2, 0) is 17.3 Å². The van der Waals surface area contributed by atoms with Gasteiger partial charge in [-0.05, 0) is 97.4 Å². The Kier molecular flexibility index (Phi) is 6.07.